The summed E-state index contributed by atoms with van der Waals surface area (Å²) in [5.41, 5.74) is 6.78. The largest absolute Gasteiger partial charge is 0.464 e. The van der Waals surface area contributed by atoms with Crippen molar-refractivity contribution in [1.29, 1.82) is 0 Å². The Kier molecular flexibility index (Phi) is 5.18. The monoisotopic (exact) mass is 275 g/mol. The lowest BCUT2D eigenvalue weighted by molar-refractivity contribution is -0.153. The van der Waals surface area contributed by atoms with Gasteiger partial charge in [-0.3, -0.25) is 4.79 Å². The quantitative estimate of drug-likeness (QED) is 0.663. The van der Waals surface area contributed by atoms with Gasteiger partial charge in [0.1, 0.15) is 5.54 Å². The molecule has 1 aliphatic rings. The normalized spacial score (nSPS) is 26.2. The second kappa shape index (κ2) is 6.89. The summed E-state index contributed by atoms with van der Waals surface area (Å²) in [7, 11) is 0. The minimum Gasteiger partial charge on any atom is -0.464 e. The van der Waals surface area contributed by atoms with Gasteiger partial charge < -0.3 is 10.5 Å². The molecule has 20 heavy (non-hydrogen) atoms. The van der Waals surface area contributed by atoms with Crippen LogP contribution in [0.4, 0.5) is 0 Å². The molecule has 2 rings (SSSR count). The number of hydrogen-bond acceptors (Lipinski definition) is 3. The first-order valence-corrected chi connectivity index (χ1v) is 7.63. The van der Waals surface area contributed by atoms with E-state index in [-0.39, 0.29) is 11.9 Å². The highest BCUT2D eigenvalue weighted by Gasteiger charge is 2.42. The molecule has 0 aliphatic heterocycles. The molecule has 0 bridgehead atoms. The maximum Gasteiger partial charge on any atom is 0.326 e. The van der Waals surface area contributed by atoms with Crippen molar-refractivity contribution in [1.82, 2.24) is 0 Å². The van der Waals surface area contributed by atoms with Crippen LogP contribution in [-0.4, -0.2) is 18.1 Å². The van der Waals surface area contributed by atoms with Crippen LogP contribution in [0.5, 0.6) is 0 Å². The van der Waals surface area contributed by atoms with Crippen LogP contribution in [0.1, 0.15) is 44.6 Å². The molecule has 110 valence electrons. The van der Waals surface area contributed by atoms with Gasteiger partial charge in [-0.25, -0.2) is 0 Å². The summed E-state index contributed by atoms with van der Waals surface area (Å²) < 4.78 is 5.41. The topological polar surface area (TPSA) is 52.3 Å². The molecule has 1 saturated carbocycles. The number of ether oxygens (including phenoxy) is 1. The van der Waals surface area contributed by atoms with Crippen molar-refractivity contribution in [3.8, 4) is 0 Å². The van der Waals surface area contributed by atoms with Crippen LogP contribution in [0.25, 0.3) is 0 Å². The van der Waals surface area contributed by atoms with Gasteiger partial charge in [0.25, 0.3) is 0 Å². The van der Waals surface area contributed by atoms with Crippen LogP contribution < -0.4 is 5.73 Å². The second-order valence-electron chi connectivity index (χ2n) is 5.91. The van der Waals surface area contributed by atoms with Gasteiger partial charge in [0, 0.05) is 0 Å². The van der Waals surface area contributed by atoms with Gasteiger partial charge in [0.2, 0.25) is 0 Å². The van der Waals surface area contributed by atoms with Crippen molar-refractivity contribution in [2.24, 2.45) is 11.7 Å². The Bertz CT molecular complexity index is 432. The van der Waals surface area contributed by atoms with E-state index in [2.05, 4.69) is 19.1 Å². The Morgan fingerprint density at radius 2 is 2.10 bits per heavy atom. The van der Waals surface area contributed by atoms with Crippen molar-refractivity contribution in [2.45, 2.75) is 51.0 Å². The average molecular weight is 275 g/mol. The fraction of sp³-hybridized carbons (Fsp3) is 0.588. The van der Waals surface area contributed by atoms with Gasteiger partial charge >= 0.3 is 5.97 Å². The van der Waals surface area contributed by atoms with E-state index in [4.69, 9.17) is 10.5 Å². The molecule has 1 aliphatic carbocycles. The molecule has 1 aromatic rings. The molecule has 3 heteroatoms. The molecule has 2 unspecified atom stereocenters. The molecule has 2 N–H and O–H groups in total. The molecular weight excluding hydrogens is 250 g/mol. The third-order valence-electron chi connectivity index (χ3n) is 4.42. The Balaban J connectivity index is 1.75. The number of carbonyl (C=O) groups excluding carboxylic acids is 1. The first-order valence-electron chi connectivity index (χ1n) is 7.63. The van der Waals surface area contributed by atoms with Gasteiger partial charge in [-0.1, -0.05) is 50.1 Å². The molecule has 0 amide bonds. The summed E-state index contributed by atoms with van der Waals surface area (Å²) in [5.74, 6) is 0.00985. The molecule has 1 aromatic carbocycles. The molecule has 0 heterocycles. The van der Waals surface area contributed by atoms with Crippen molar-refractivity contribution >= 4 is 5.97 Å². The predicted molar refractivity (Wildman–Crippen MR) is 80.3 cm³/mol. The van der Waals surface area contributed by atoms with Gasteiger partial charge in [0.15, 0.2) is 0 Å². The Labute approximate surface area is 121 Å². The molecule has 3 nitrogen and oxygen atoms in total. The number of esters is 1. The summed E-state index contributed by atoms with van der Waals surface area (Å²) >= 11 is 0. The highest BCUT2D eigenvalue weighted by atomic mass is 16.5. The summed E-state index contributed by atoms with van der Waals surface area (Å²) in [6, 6.07) is 10.2. The minimum absolute atomic E-state index is 0.210. The van der Waals surface area contributed by atoms with Crippen molar-refractivity contribution < 1.29 is 9.53 Å². The zero-order valence-corrected chi connectivity index (χ0v) is 12.3. The number of aryl methyl sites for hydroxylation is 1. The molecular formula is C17H25NO2. The van der Waals surface area contributed by atoms with Gasteiger partial charge in [0.05, 0.1) is 6.61 Å². The van der Waals surface area contributed by atoms with Crippen molar-refractivity contribution in [3.63, 3.8) is 0 Å². The first kappa shape index (κ1) is 15.0. The van der Waals surface area contributed by atoms with Gasteiger partial charge in [-0.15, -0.1) is 0 Å². The van der Waals surface area contributed by atoms with E-state index < -0.39 is 5.54 Å². The Hall–Kier alpha value is -1.35. The van der Waals surface area contributed by atoms with E-state index in [1.54, 1.807) is 0 Å². The fourth-order valence-electron chi connectivity index (χ4n) is 2.90. The van der Waals surface area contributed by atoms with Crippen molar-refractivity contribution in [2.75, 3.05) is 6.61 Å². The molecule has 1 fully saturated rings. The Morgan fingerprint density at radius 3 is 2.80 bits per heavy atom. The SMILES string of the molecule is CC1CCCCC1(N)C(=O)OCCCc1ccccc1. The first-order chi connectivity index (χ1) is 9.63. The average Bonchev–Trinajstić information content (AvgIpc) is 2.47. The van der Waals surface area contributed by atoms with Crippen LogP contribution in [0.3, 0.4) is 0 Å². The van der Waals surface area contributed by atoms with Crippen LogP contribution in [0.2, 0.25) is 0 Å². The highest BCUT2D eigenvalue weighted by Crippen LogP contribution is 2.32. The smallest absolute Gasteiger partial charge is 0.326 e. The van der Waals surface area contributed by atoms with E-state index in [0.717, 1.165) is 32.1 Å². The molecule has 0 aromatic heterocycles. The predicted octanol–water partition coefficient (Wildman–Crippen LogP) is 3.07. The highest BCUT2D eigenvalue weighted by molar-refractivity contribution is 5.81. The number of nitrogens with two attached hydrogens (primary N) is 1. The number of hydrogen-bond donors (Lipinski definition) is 1. The maximum atomic E-state index is 12.2. The zero-order valence-electron chi connectivity index (χ0n) is 12.3. The Morgan fingerprint density at radius 1 is 1.35 bits per heavy atom. The van der Waals surface area contributed by atoms with E-state index in [9.17, 15) is 4.79 Å². The number of carbonyl (C=O) groups is 1. The molecule has 0 saturated heterocycles. The summed E-state index contributed by atoms with van der Waals surface area (Å²) in [6.07, 6.45) is 5.75. The third kappa shape index (κ3) is 3.60. The second-order valence-corrected chi connectivity index (χ2v) is 5.91. The van der Waals surface area contributed by atoms with Crippen LogP contribution in [-0.2, 0) is 16.0 Å². The summed E-state index contributed by atoms with van der Waals surface area (Å²) in [4.78, 5) is 12.2. The molecule has 0 spiro atoms. The fourth-order valence-corrected chi connectivity index (χ4v) is 2.90. The van der Waals surface area contributed by atoms with Gasteiger partial charge in [-0.05, 0) is 37.2 Å². The lowest BCUT2D eigenvalue weighted by Gasteiger charge is -2.36. The van der Waals surface area contributed by atoms with Crippen molar-refractivity contribution in [3.05, 3.63) is 35.9 Å². The summed E-state index contributed by atoms with van der Waals surface area (Å²) in [6.45, 7) is 2.52. The lowest BCUT2D eigenvalue weighted by Crippen LogP contribution is -2.55. The third-order valence-corrected chi connectivity index (χ3v) is 4.42. The van der Waals surface area contributed by atoms with Crippen LogP contribution in [0.15, 0.2) is 30.3 Å². The van der Waals surface area contributed by atoms with E-state index in [1.807, 2.05) is 18.2 Å². The van der Waals surface area contributed by atoms with Gasteiger partial charge in [-0.2, -0.15) is 0 Å². The summed E-state index contributed by atoms with van der Waals surface area (Å²) in [5, 5.41) is 0. The minimum atomic E-state index is -0.759. The van der Waals surface area contributed by atoms with E-state index in [1.165, 1.54) is 12.0 Å². The van der Waals surface area contributed by atoms with E-state index >= 15 is 0 Å². The molecule has 0 radical (unpaired) electrons. The molecule has 2 atom stereocenters. The lowest BCUT2D eigenvalue weighted by atomic mass is 9.74. The van der Waals surface area contributed by atoms with Crippen LogP contribution in [0, 0.1) is 5.92 Å². The zero-order chi connectivity index (χ0) is 14.4. The van der Waals surface area contributed by atoms with E-state index in [0.29, 0.717) is 6.61 Å². The number of rotatable bonds is 5. The maximum absolute atomic E-state index is 12.2. The van der Waals surface area contributed by atoms with Crippen LogP contribution >= 0.6 is 0 Å². The number of benzene rings is 1. The standard InChI is InChI=1S/C17H25NO2/c1-14-8-5-6-12-17(14,18)16(19)20-13-7-11-15-9-3-2-4-10-15/h2-4,9-10,14H,5-8,11-13,18H2,1H3.